The predicted molar refractivity (Wildman–Crippen MR) is 139 cm³/mol. The summed E-state index contributed by atoms with van der Waals surface area (Å²) in [5, 5.41) is 12.9. The van der Waals surface area contributed by atoms with Crippen molar-refractivity contribution in [2.75, 3.05) is 17.7 Å². The van der Waals surface area contributed by atoms with Gasteiger partial charge in [0.25, 0.3) is 0 Å². The molecular formula is C26H30F2N6O4S. The fraction of sp³-hybridized carbons (Fsp3) is 0.577. The van der Waals surface area contributed by atoms with Crippen molar-refractivity contribution >= 4 is 35.0 Å². The van der Waals surface area contributed by atoms with Crippen molar-refractivity contribution in [2.45, 2.75) is 87.3 Å². The van der Waals surface area contributed by atoms with Gasteiger partial charge in [0.15, 0.2) is 39.6 Å². The fourth-order valence-electron chi connectivity index (χ4n) is 5.51. The molecule has 3 fully saturated rings. The molecule has 6 unspecified atom stereocenters. The summed E-state index contributed by atoms with van der Waals surface area (Å²) in [6.45, 7) is 5.75. The minimum atomic E-state index is -0.858. The van der Waals surface area contributed by atoms with Crippen LogP contribution in [0.15, 0.2) is 23.4 Å². The van der Waals surface area contributed by atoms with Crippen molar-refractivity contribution in [1.29, 1.82) is 0 Å². The van der Waals surface area contributed by atoms with Crippen LogP contribution in [0.3, 0.4) is 0 Å². The fourth-order valence-corrected chi connectivity index (χ4v) is 6.20. The van der Waals surface area contributed by atoms with Crippen LogP contribution in [0.2, 0.25) is 0 Å². The average Bonchev–Trinajstić information content (AvgIpc) is 3.24. The molecule has 0 bridgehead atoms. The van der Waals surface area contributed by atoms with Crippen LogP contribution in [0.1, 0.15) is 57.6 Å². The second-order valence-electron chi connectivity index (χ2n) is 10.6. The lowest BCUT2D eigenvalue weighted by Crippen LogP contribution is -2.31. The first-order valence-corrected chi connectivity index (χ1v) is 14.1. The van der Waals surface area contributed by atoms with E-state index in [4.69, 9.17) is 24.2 Å². The highest BCUT2D eigenvalue weighted by molar-refractivity contribution is 7.99. The highest BCUT2D eigenvalue weighted by atomic mass is 32.2. The molecule has 0 amide bonds. The van der Waals surface area contributed by atoms with Crippen LogP contribution >= 0.6 is 11.8 Å². The number of benzene rings is 1. The number of thioether (sulfide) groups is 1. The number of anilines is 1. The number of halogens is 2. The van der Waals surface area contributed by atoms with E-state index < -0.39 is 17.4 Å². The van der Waals surface area contributed by atoms with Gasteiger partial charge in [-0.3, -0.25) is 0 Å². The Bertz CT molecular complexity index is 1390. The van der Waals surface area contributed by atoms with E-state index in [0.717, 1.165) is 36.5 Å². The third-order valence-corrected chi connectivity index (χ3v) is 8.35. The summed E-state index contributed by atoms with van der Waals surface area (Å²) in [6.07, 6.45) is 1.88. The Kier molecular flexibility index (Phi) is 7.02. The van der Waals surface area contributed by atoms with Crippen LogP contribution < -0.4 is 5.32 Å². The lowest BCUT2D eigenvalue weighted by atomic mass is 10.1. The Balaban J connectivity index is 1.31. The van der Waals surface area contributed by atoms with Crippen molar-refractivity contribution in [1.82, 2.24) is 25.0 Å². The highest BCUT2D eigenvalue weighted by Crippen LogP contribution is 2.46. The Labute approximate surface area is 228 Å². The first kappa shape index (κ1) is 26.5. The van der Waals surface area contributed by atoms with E-state index in [2.05, 4.69) is 22.6 Å². The normalized spacial score (nSPS) is 29.1. The highest BCUT2D eigenvalue weighted by Gasteiger charge is 2.56. The van der Waals surface area contributed by atoms with E-state index in [0.29, 0.717) is 28.6 Å². The number of hydrogen-bond donors (Lipinski definition) is 1. The smallest absolute Gasteiger partial charge is 0.191 e. The zero-order valence-electron chi connectivity index (χ0n) is 21.8. The van der Waals surface area contributed by atoms with E-state index in [1.54, 1.807) is 22.5 Å². The molecule has 2 aromatic heterocycles. The zero-order valence-corrected chi connectivity index (χ0v) is 22.7. The number of rotatable bonds is 10. The van der Waals surface area contributed by atoms with Gasteiger partial charge in [0, 0.05) is 24.1 Å². The second kappa shape index (κ2) is 10.3. The molecular weight excluding hydrogens is 530 g/mol. The molecule has 3 heterocycles. The van der Waals surface area contributed by atoms with Gasteiger partial charge in [0.1, 0.15) is 25.1 Å². The molecule has 3 aromatic rings. The van der Waals surface area contributed by atoms with Crippen molar-refractivity contribution in [3.05, 3.63) is 35.4 Å². The summed E-state index contributed by atoms with van der Waals surface area (Å²) < 4.78 is 47.2. The van der Waals surface area contributed by atoms with Gasteiger partial charge in [-0.05, 0) is 44.4 Å². The molecule has 2 aliphatic carbocycles. The molecule has 39 heavy (non-hydrogen) atoms. The summed E-state index contributed by atoms with van der Waals surface area (Å²) in [4.78, 5) is 20.5. The van der Waals surface area contributed by atoms with Crippen molar-refractivity contribution in [3.63, 3.8) is 0 Å². The summed E-state index contributed by atoms with van der Waals surface area (Å²) >= 11 is 1.54. The minimum Gasteiger partial charge on any atom is -0.368 e. The molecule has 6 atom stereocenters. The number of carbonyl (C=O) groups is 1. The van der Waals surface area contributed by atoms with Gasteiger partial charge in [-0.1, -0.05) is 30.0 Å². The van der Waals surface area contributed by atoms with Crippen molar-refractivity contribution in [2.24, 2.45) is 0 Å². The molecule has 3 aliphatic rings. The Hall–Kier alpha value is -2.74. The predicted octanol–water partition coefficient (Wildman–Crippen LogP) is 4.02. The lowest BCUT2D eigenvalue weighted by molar-refractivity contribution is -0.170. The monoisotopic (exact) mass is 560 g/mol. The summed E-state index contributed by atoms with van der Waals surface area (Å²) in [5.74, 6) is -1.10. The van der Waals surface area contributed by atoms with Gasteiger partial charge >= 0.3 is 0 Å². The van der Waals surface area contributed by atoms with Gasteiger partial charge in [-0.2, -0.15) is 0 Å². The van der Waals surface area contributed by atoms with Crippen LogP contribution in [0.4, 0.5) is 14.6 Å². The summed E-state index contributed by atoms with van der Waals surface area (Å²) in [6, 6.07) is 3.74. The van der Waals surface area contributed by atoms with Crippen LogP contribution in [0.25, 0.3) is 11.2 Å². The molecule has 0 spiro atoms. The molecule has 1 saturated heterocycles. The Morgan fingerprint density at radius 2 is 2.03 bits per heavy atom. The maximum Gasteiger partial charge on any atom is 0.191 e. The standard InChI is InChI=1S/C26H30F2N6O4S/c1-4-9-39-25-30-23(29-17-11-14(17)13-5-6-15(27)16(28)10-13)20-24(31-25)34(33-32-20)18-12-19(36-8-7-35)22-21(18)37-26(2,3)38-22/h5-7,10,14,17-19,21-22H,4,8-9,11-12H2,1-3H3,(H,29,30,31). The molecule has 10 nitrogen and oxygen atoms in total. The lowest BCUT2D eigenvalue weighted by Gasteiger charge is -2.23. The average molecular weight is 561 g/mol. The molecule has 1 aromatic carbocycles. The number of nitrogens with zero attached hydrogens (tertiary/aromatic N) is 5. The summed E-state index contributed by atoms with van der Waals surface area (Å²) in [7, 11) is 0. The number of aldehydes is 1. The van der Waals surface area contributed by atoms with E-state index in [1.807, 2.05) is 13.8 Å². The molecule has 6 rings (SSSR count). The molecule has 1 aliphatic heterocycles. The number of ether oxygens (including phenoxy) is 3. The van der Waals surface area contributed by atoms with Crippen molar-refractivity contribution < 1.29 is 27.8 Å². The summed E-state index contributed by atoms with van der Waals surface area (Å²) in [5.41, 5.74) is 1.81. The maximum atomic E-state index is 13.8. The largest absolute Gasteiger partial charge is 0.368 e. The number of carbonyl (C=O) groups excluding carboxylic acids is 1. The van der Waals surface area contributed by atoms with Gasteiger partial charge < -0.3 is 24.3 Å². The van der Waals surface area contributed by atoms with E-state index in [1.165, 1.54) is 6.07 Å². The van der Waals surface area contributed by atoms with Gasteiger partial charge in [0.2, 0.25) is 0 Å². The maximum absolute atomic E-state index is 13.8. The molecule has 13 heteroatoms. The molecule has 1 N–H and O–H groups in total. The van der Waals surface area contributed by atoms with Gasteiger partial charge in [0.05, 0.1) is 12.1 Å². The number of hydrogen-bond acceptors (Lipinski definition) is 10. The Morgan fingerprint density at radius 1 is 1.21 bits per heavy atom. The van der Waals surface area contributed by atoms with Crippen LogP contribution in [-0.2, 0) is 19.0 Å². The third kappa shape index (κ3) is 5.12. The SMILES string of the molecule is CCCSc1nc(NC2CC2c2ccc(F)c(F)c2)c2nnn(C3CC(OCC=O)C4OC(C)(C)OC43)c2n1. The molecule has 0 radical (unpaired) electrons. The zero-order chi connectivity index (χ0) is 27.3. The Morgan fingerprint density at radius 3 is 2.79 bits per heavy atom. The van der Waals surface area contributed by atoms with Gasteiger partial charge in [-0.25, -0.2) is 23.4 Å². The number of aromatic nitrogens is 5. The number of fused-ring (bicyclic) bond motifs is 2. The second-order valence-corrected chi connectivity index (χ2v) is 11.6. The van der Waals surface area contributed by atoms with Crippen molar-refractivity contribution in [3.8, 4) is 0 Å². The van der Waals surface area contributed by atoms with Gasteiger partial charge in [-0.15, -0.1) is 5.10 Å². The first-order chi connectivity index (χ1) is 18.8. The first-order valence-electron chi connectivity index (χ1n) is 13.2. The third-order valence-electron chi connectivity index (χ3n) is 7.30. The molecule has 208 valence electrons. The topological polar surface area (TPSA) is 113 Å². The molecule has 2 saturated carbocycles. The van der Waals surface area contributed by atoms with Crippen LogP contribution in [0.5, 0.6) is 0 Å². The number of nitrogens with one attached hydrogen (secondary N) is 1. The van der Waals surface area contributed by atoms with E-state index in [9.17, 15) is 13.6 Å². The van der Waals surface area contributed by atoms with E-state index >= 15 is 0 Å². The van der Waals surface area contributed by atoms with Crippen LogP contribution in [0, 0.1) is 11.6 Å². The quantitative estimate of drug-likeness (QED) is 0.222. The minimum absolute atomic E-state index is 0.00789. The van der Waals surface area contributed by atoms with E-state index in [-0.39, 0.29) is 42.9 Å². The van der Waals surface area contributed by atoms with Crippen LogP contribution in [-0.4, -0.2) is 73.7 Å².